The molecule has 116 valence electrons. The van der Waals surface area contributed by atoms with E-state index in [1.54, 1.807) is 25.3 Å². The van der Waals surface area contributed by atoms with Crippen LogP contribution in [0.25, 0.3) is 0 Å². The zero-order valence-electron chi connectivity index (χ0n) is 12.4. The van der Waals surface area contributed by atoms with Gasteiger partial charge in [0, 0.05) is 24.9 Å². The van der Waals surface area contributed by atoms with Crippen LogP contribution in [0.3, 0.4) is 0 Å². The van der Waals surface area contributed by atoms with E-state index in [2.05, 4.69) is 10.6 Å². The molecule has 2 unspecified atom stereocenters. The molecule has 0 spiro atoms. The highest BCUT2D eigenvalue weighted by molar-refractivity contribution is 5.95. The van der Waals surface area contributed by atoms with Crippen molar-refractivity contribution in [1.29, 1.82) is 0 Å². The summed E-state index contributed by atoms with van der Waals surface area (Å²) in [5.74, 6) is 0.541. The molecule has 3 N–H and O–H groups in total. The van der Waals surface area contributed by atoms with E-state index < -0.39 is 0 Å². The molecule has 0 aromatic heterocycles. The van der Waals surface area contributed by atoms with Gasteiger partial charge in [-0.2, -0.15) is 0 Å². The van der Waals surface area contributed by atoms with Crippen molar-refractivity contribution in [3.63, 3.8) is 0 Å². The normalized spacial score (nSPS) is 21.3. The van der Waals surface area contributed by atoms with Gasteiger partial charge in [-0.3, -0.25) is 4.79 Å². The minimum Gasteiger partial charge on any atom is -0.494 e. The number of aliphatic hydroxyl groups is 1. The SMILES string of the molecule is CCOc1ccc(NC(=O)C2CC(OC)CN2)cc1CO. The molecule has 2 rings (SSSR count). The Hall–Kier alpha value is -1.63. The van der Waals surface area contributed by atoms with E-state index in [4.69, 9.17) is 9.47 Å². The third-order valence-corrected chi connectivity index (χ3v) is 3.54. The number of hydrogen-bond donors (Lipinski definition) is 3. The van der Waals surface area contributed by atoms with Gasteiger partial charge in [-0.1, -0.05) is 0 Å². The van der Waals surface area contributed by atoms with Gasteiger partial charge in [0.25, 0.3) is 0 Å². The van der Waals surface area contributed by atoms with Crippen LogP contribution in [-0.4, -0.2) is 43.4 Å². The number of aliphatic hydroxyl groups excluding tert-OH is 1. The Labute approximate surface area is 124 Å². The Bertz CT molecular complexity index is 493. The fourth-order valence-corrected chi connectivity index (χ4v) is 2.39. The molecular weight excluding hydrogens is 272 g/mol. The number of benzene rings is 1. The van der Waals surface area contributed by atoms with E-state index in [0.717, 1.165) is 0 Å². The second-order valence-corrected chi connectivity index (χ2v) is 4.96. The molecule has 1 aromatic carbocycles. The van der Waals surface area contributed by atoms with E-state index in [0.29, 0.717) is 36.6 Å². The Morgan fingerprint density at radius 2 is 2.33 bits per heavy atom. The summed E-state index contributed by atoms with van der Waals surface area (Å²) in [7, 11) is 1.65. The number of methoxy groups -OCH3 is 1. The minimum absolute atomic E-state index is 0.0779. The number of hydrogen-bond acceptors (Lipinski definition) is 5. The van der Waals surface area contributed by atoms with Crippen molar-refractivity contribution in [2.75, 3.05) is 25.6 Å². The van der Waals surface area contributed by atoms with Crippen LogP contribution in [0.2, 0.25) is 0 Å². The van der Waals surface area contributed by atoms with Crippen LogP contribution in [0, 0.1) is 0 Å². The fraction of sp³-hybridized carbons (Fsp3) is 0.533. The molecule has 1 amide bonds. The molecule has 6 heteroatoms. The van der Waals surface area contributed by atoms with Gasteiger partial charge in [0.15, 0.2) is 0 Å². The van der Waals surface area contributed by atoms with Gasteiger partial charge < -0.3 is 25.2 Å². The van der Waals surface area contributed by atoms with Crippen molar-refractivity contribution in [1.82, 2.24) is 5.32 Å². The maximum atomic E-state index is 12.2. The molecule has 0 saturated carbocycles. The summed E-state index contributed by atoms with van der Waals surface area (Å²) < 4.78 is 10.6. The van der Waals surface area contributed by atoms with Gasteiger partial charge in [0.1, 0.15) is 5.75 Å². The molecule has 1 aliphatic heterocycles. The van der Waals surface area contributed by atoms with Crippen molar-refractivity contribution in [3.8, 4) is 5.75 Å². The Morgan fingerprint density at radius 3 is 2.95 bits per heavy atom. The van der Waals surface area contributed by atoms with Gasteiger partial charge in [-0.25, -0.2) is 0 Å². The van der Waals surface area contributed by atoms with Crippen molar-refractivity contribution >= 4 is 11.6 Å². The van der Waals surface area contributed by atoms with Crippen molar-refractivity contribution < 1.29 is 19.4 Å². The number of rotatable bonds is 6. The van der Waals surface area contributed by atoms with Gasteiger partial charge >= 0.3 is 0 Å². The van der Waals surface area contributed by atoms with Crippen molar-refractivity contribution in [2.45, 2.75) is 32.1 Å². The summed E-state index contributed by atoms with van der Waals surface area (Å²) >= 11 is 0. The first-order valence-corrected chi connectivity index (χ1v) is 7.11. The molecule has 2 atom stereocenters. The highest BCUT2D eigenvalue weighted by Crippen LogP contribution is 2.23. The van der Waals surface area contributed by atoms with Gasteiger partial charge in [-0.05, 0) is 31.5 Å². The van der Waals surface area contributed by atoms with Crippen molar-refractivity contribution in [3.05, 3.63) is 23.8 Å². The van der Waals surface area contributed by atoms with Crippen LogP contribution in [0.4, 0.5) is 5.69 Å². The summed E-state index contributed by atoms with van der Waals surface area (Å²) in [6.07, 6.45) is 0.737. The van der Waals surface area contributed by atoms with Crippen LogP contribution in [0.5, 0.6) is 5.75 Å². The number of carbonyl (C=O) groups is 1. The summed E-state index contributed by atoms with van der Waals surface area (Å²) in [6, 6.07) is 5.00. The number of amides is 1. The van der Waals surface area contributed by atoms with Crippen molar-refractivity contribution in [2.24, 2.45) is 0 Å². The lowest BCUT2D eigenvalue weighted by Gasteiger charge is -2.14. The molecule has 1 heterocycles. The maximum absolute atomic E-state index is 12.2. The van der Waals surface area contributed by atoms with E-state index in [-0.39, 0.29) is 24.7 Å². The third kappa shape index (κ3) is 3.93. The molecule has 1 aromatic rings. The van der Waals surface area contributed by atoms with E-state index in [1.807, 2.05) is 6.92 Å². The standard InChI is InChI=1S/C15H22N2O4/c1-3-21-14-5-4-11(6-10(14)9-18)17-15(19)13-7-12(20-2)8-16-13/h4-6,12-13,16,18H,3,7-9H2,1-2H3,(H,17,19). The molecule has 0 bridgehead atoms. The molecule has 0 aliphatic carbocycles. The molecule has 21 heavy (non-hydrogen) atoms. The molecule has 1 aliphatic rings. The smallest absolute Gasteiger partial charge is 0.241 e. The average molecular weight is 294 g/mol. The quantitative estimate of drug-likeness (QED) is 0.726. The van der Waals surface area contributed by atoms with Crippen LogP contribution >= 0.6 is 0 Å². The number of carbonyl (C=O) groups excluding carboxylic acids is 1. The highest BCUT2D eigenvalue weighted by atomic mass is 16.5. The van der Waals surface area contributed by atoms with E-state index >= 15 is 0 Å². The maximum Gasteiger partial charge on any atom is 0.241 e. The second kappa shape index (κ2) is 7.40. The zero-order valence-corrected chi connectivity index (χ0v) is 12.4. The first kappa shape index (κ1) is 15.8. The minimum atomic E-state index is -0.251. The number of anilines is 1. The average Bonchev–Trinajstić information content (AvgIpc) is 2.98. The fourth-order valence-electron chi connectivity index (χ4n) is 2.39. The van der Waals surface area contributed by atoms with E-state index in [1.165, 1.54) is 0 Å². The Morgan fingerprint density at radius 1 is 1.52 bits per heavy atom. The highest BCUT2D eigenvalue weighted by Gasteiger charge is 2.29. The molecule has 0 radical (unpaired) electrons. The summed E-state index contributed by atoms with van der Waals surface area (Å²) in [5, 5.41) is 15.3. The lowest BCUT2D eigenvalue weighted by atomic mass is 10.1. The van der Waals surface area contributed by atoms with Crippen LogP contribution in [0.15, 0.2) is 18.2 Å². The first-order valence-electron chi connectivity index (χ1n) is 7.11. The topological polar surface area (TPSA) is 79.8 Å². The van der Waals surface area contributed by atoms with Crippen LogP contribution in [-0.2, 0) is 16.1 Å². The molecule has 1 saturated heterocycles. The molecular formula is C15H22N2O4. The Kier molecular flexibility index (Phi) is 5.55. The summed E-state index contributed by atoms with van der Waals surface area (Å²) in [4.78, 5) is 12.2. The number of ether oxygens (including phenoxy) is 2. The van der Waals surface area contributed by atoms with Gasteiger partial charge in [0.2, 0.25) is 5.91 Å². The largest absolute Gasteiger partial charge is 0.494 e. The van der Waals surface area contributed by atoms with Gasteiger partial charge in [0.05, 0.1) is 25.4 Å². The summed E-state index contributed by atoms with van der Waals surface area (Å²) in [6.45, 7) is 2.96. The zero-order chi connectivity index (χ0) is 15.2. The molecule has 6 nitrogen and oxygen atoms in total. The predicted molar refractivity (Wildman–Crippen MR) is 79.4 cm³/mol. The van der Waals surface area contributed by atoms with Crippen LogP contribution in [0.1, 0.15) is 18.9 Å². The van der Waals surface area contributed by atoms with Crippen LogP contribution < -0.4 is 15.4 Å². The monoisotopic (exact) mass is 294 g/mol. The number of nitrogens with one attached hydrogen (secondary N) is 2. The first-order chi connectivity index (χ1) is 10.2. The summed E-state index contributed by atoms with van der Waals surface area (Å²) in [5.41, 5.74) is 1.30. The third-order valence-electron chi connectivity index (χ3n) is 3.54. The van der Waals surface area contributed by atoms with Gasteiger partial charge in [-0.15, -0.1) is 0 Å². The lowest BCUT2D eigenvalue weighted by Crippen LogP contribution is -2.35. The lowest BCUT2D eigenvalue weighted by molar-refractivity contribution is -0.118. The molecule has 1 fully saturated rings. The Balaban J connectivity index is 2.01. The van der Waals surface area contributed by atoms with E-state index in [9.17, 15) is 9.90 Å². The predicted octanol–water partition coefficient (Wildman–Crippen LogP) is 0.893. The second-order valence-electron chi connectivity index (χ2n) is 4.96.